The van der Waals surface area contributed by atoms with Crippen molar-refractivity contribution in [1.29, 1.82) is 0 Å². The minimum Gasteiger partial charge on any atom is -0.361 e. The Hall–Kier alpha value is -1.81. The summed E-state index contributed by atoms with van der Waals surface area (Å²) in [5.41, 5.74) is 7.82. The van der Waals surface area contributed by atoms with Crippen molar-refractivity contribution in [2.75, 3.05) is 5.32 Å². The summed E-state index contributed by atoms with van der Waals surface area (Å²) in [4.78, 5) is 15.3. The van der Waals surface area contributed by atoms with Crippen LogP contribution in [0.5, 0.6) is 0 Å². The summed E-state index contributed by atoms with van der Waals surface area (Å²) in [6.45, 7) is 0. The number of aromatic amines is 1. The van der Waals surface area contributed by atoms with Gasteiger partial charge < -0.3 is 16.0 Å². The molecule has 0 aliphatic heterocycles. The fourth-order valence-electron chi connectivity index (χ4n) is 2.76. The minimum absolute atomic E-state index is 0.113. The van der Waals surface area contributed by atoms with Crippen molar-refractivity contribution in [1.82, 2.24) is 4.98 Å². The van der Waals surface area contributed by atoms with Crippen molar-refractivity contribution >= 4 is 22.5 Å². The maximum absolute atomic E-state index is 12.2. The number of carbonyl (C=O) groups is 1. The number of rotatable bonds is 2. The maximum Gasteiger partial charge on any atom is 0.227 e. The molecule has 2 aromatic rings. The molecule has 0 bridgehead atoms. The predicted octanol–water partition coefficient (Wildman–Crippen LogP) is 2.62. The summed E-state index contributed by atoms with van der Waals surface area (Å²) in [7, 11) is 0. The van der Waals surface area contributed by atoms with Gasteiger partial charge in [0.2, 0.25) is 5.91 Å². The van der Waals surface area contributed by atoms with Gasteiger partial charge in [-0.25, -0.2) is 0 Å². The molecule has 1 aromatic carbocycles. The first-order valence-corrected chi connectivity index (χ1v) is 6.86. The molecule has 1 aliphatic carbocycles. The van der Waals surface area contributed by atoms with Crippen molar-refractivity contribution in [2.24, 2.45) is 11.7 Å². The topological polar surface area (TPSA) is 70.9 Å². The van der Waals surface area contributed by atoms with Gasteiger partial charge in [-0.15, -0.1) is 0 Å². The lowest BCUT2D eigenvalue weighted by atomic mass is 9.86. The Balaban J connectivity index is 1.68. The molecule has 0 unspecified atom stereocenters. The number of nitrogens with two attached hydrogens (primary N) is 1. The molecule has 3 rings (SSSR count). The molecule has 100 valence electrons. The zero-order valence-electron chi connectivity index (χ0n) is 10.9. The maximum atomic E-state index is 12.2. The standard InChI is InChI=1S/C15H19N3O/c16-12-3-1-10(2-4-12)15(19)18-13-5-6-14-11(9-13)7-8-17-14/h5-10,12,17H,1-4,16H2,(H,18,19). The van der Waals surface area contributed by atoms with Gasteiger partial charge in [0.25, 0.3) is 0 Å². The first kappa shape index (κ1) is 12.2. The van der Waals surface area contributed by atoms with Gasteiger partial charge in [-0.2, -0.15) is 0 Å². The lowest BCUT2D eigenvalue weighted by Gasteiger charge is -2.25. The summed E-state index contributed by atoms with van der Waals surface area (Å²) in [6, 6.07) is 8.20. The van der Waals surface area contributed by atoms with Crippen molar-refractivity contribution in [3.05, 3.63) is 30.5 Å². The van der Waals surface area contributed by atoms with Gasteiger partial charge in [-0.3, -0.25) is 4.79 Å². The van der Waals surface area contributed by atoms with Crippen molar-refractivity contribution in [3.8, 4) is 0 Å². The first-order valence-electron chi connectivity index (χ1n) is 6.86. The lowest BCUT2D eigenvalue weighted by molar-refractivity contribution is -0.120. The molecule has 0 radical (unpaired) electrons. The third kappa shape index (κ3) is 2.63. The van der Waals surface area contributed by atoms with E-state index in [2.05, 4.69) is 10.3 Å². The molecule has 1 heterocycles. The molecule has 4 nitrogen and oxygen atoms in total. The van der Waals surface area contributed by atoms with E-state index in [9.17, 15) is 4.79 Å². The van der Waals surface area contributed by atoms with Gasteiger partial charge in [0.1, 0.15) is 0 Å². The van der Waals surface area contributed by atoms with Crippen molar-refractivity contribution < 1.29 is 4.79 Å². The van der Waals surface area contributed by atoms with E-state index in [1.807, 2.05) is 30.5 Å². The van der Waals surface area contributed by atoms with Gasteiger partial charge in [-0.1, -0.05) is 0 Å². The van der Waals surface area contributed by atoms with Crippen molar-refractivity contribution in [2.45, 2.75) is 31.7 Å². The minimum atomic E-state index is 0.113. The Morgan fingerprint density at radius 3 is 2.79 bits per heavy atom. The summed E-state index contributed by atoms with van der Waals surface area (Å²) >= 11 is 0. The van der Waals surface area contributed by atoms with E-state index in [1.54, 1.807) is 0 Å². The summed E-state index contributed by atoms with van der Waals surface area (Å²) in [5, 5.41) is 4.13. The highest BCUT2D eigenvalue weighted by molar-refractivity contribution is 5.95. The average Bonchev–Trinajstić information content (AvgIpc) is 2.87. The molecule has 1 fully saturated rings. The molecule has 1 amide bonds. The second-order valence-corrected chi connectivity index (χ2v) is 5.38. The third-order valence-electron chi connectivity index (χ3n) is 3.96. The highest BCUT2D eigenvalue weighted by Crippen LogP contribution is 2.25. The van der Waals surface area contributed by atoms with Gasteiger partial charge in [0.05, 0.1) is 0 Å². The quantitative estimate of drug-likeness (QED) is 0.774. The van der Waals surface area contributed by atoms with E-state index in [0.717, 1.165) is 42.3 Å². The molecule has 4 heteroatoms. The van der Waals surface area contributed by atoms with Crippen LogP contribution < -0.4 is 11.1 Å². The predicted molar refractivity (Wildman–Crippen MR) is 76.9 cm³/mol. The van der Waals surface area contributed by atoms with Crippen LogP contribution in [0.2, 0.25) is 0 Å². The van der Waals surface area contributed by atoms with Gasteiger partial charge in [-0.05, 0) is 49.9 Å². The van der Waals surface area contributed by atoms with E-state index >= 15 is 0 Å². The lowest BCUT2D eigenvalue weighted by Crippen LogP contribution is -2.32. The van der Waals surface area contributed by atoms with Crippen molar-refractivity contribution in [3.63, 3.8) is 0 Å². The number of H-pyrrole nitrogens is 1. The zero-order valence-corrected chi connectivity index (χ0v) is 10.9. The monoisotopic (exact) mass is 257 g/mol. The average molecular weight is 257 g/mol. The number of fused-ring (bicyclic) bond motifs is 1. The summed E-state index contributed by atoms with van der Waals surface area (Å²) in [5.74, 6) is 0.239. The first-order chi connectivity index (χ1) is 9.22. The number of nitrogens with one attached hydrogen (secondary N) is 2. The summed E-state index contributed by atoms with van der Waals surface area (Å²) < 4.78 is 0. The fourth-order valence-corrected chi connectivity index (χ4v) is 2.76. The second kappa shape index (κ2) is 5.05. The van der Waals surface area contributed by atoms with E-state index in [0.29, 0.717) is 0 Å². The van der Waals surface area contributed by atoms with Crippen LogP contribution in [-0.2, 0) is 4.79 Å². The highest BCUT2D eigenvalue weighted by Gasteiger charge is 2.24. The summed E-state index contributed by atoms with van der Waals surface area (Å²) in [6.07, 6.45) is 5.61. The van der Waals surface area contributed by atoms with Gasteiger partial charge in [0.15, 0.2) is 0 Å². The Morgan fingerprint density at radius 2 is 2.00 bits per heavy atom. The molecule has 1 saturated carbocycles. The molecule has 1 aliphatic rings. The number of benzene rings is 1. The normalized spacial score (nSPS) is 23.4. The molecule has 19 heavy (non-hydrogen) atoms. The Bertz CT molecular complexity index is 582. The van der Waals surface area contributed by atoms with Crippen LogP contribution in [0.3, 0.4) is 0 Å². The van der Waals surface area contributed by atoms with Gasteiger partial charge in [0, 0.05) is 34.7 Å². The Labute approximate surface area is 112 Å². The molecule has 4 N–H and O–H groups in total. The van der Waals surface area contributed by atoms with E-state index < -0.39 is 0 Å². The SMILES string of the molecule is NC1CCC(C(=O)Nc2ccc3[nH]ccc3c2)CC1. The highest BCUT2D eigenvalue weighted by atomic mass is 16.1. The third-order valence-corrected chi connectivity index (χ3v) is 3.96. The largest absolute Gasteiger partial charge is 0.361 e. The molecule has 0 saturated heterocycles. The molecule has 1 aromatic heterocycles. The smallest absolute Gasteiger partial charge is 0.227 e. The van der Waals surface area contributed by atoms with E-state index in [-0.39, 0.29) is 17.9 Å². The number of hydrogen-bond acceptors (Lipinski definition) is 2. The molecular formula is C15H19N3O. The molecule has 0 spiro atoms. The molecular weight excluding hydrogens is 238 g/mol. The number of amides is 1. The second-order valence-electron chi connectivity index (χ2n) is 5.38. The van der Waals surface area contributed by atoms with Crippen LogP contribution in [0.1, 0.15) is 25.7 Å². The number of aromatic nitrogens is 1. The van der Waals surface area contributed by atoms with E-state index in [1.165, 1.54) is 0 Å². The van der Waals surface area contributed by atoms with Gasteiger partial charge >= 0.3 is 0 Å². The van der Waals surface area contributed by atoms with Crippen LogP contribution >= 0.6 is 0 Å². The van der Waals surface area contributed by atoms with Crippen LogP contribution in [0.25, 0.3) is 10.9 Å². The van der Waals surface area contributed by atoms with Crippen LogP contribution in [-0.4, -0.2) is 16.9 Å². The number of hydrogen-bond donors (Lipinski definition) is 3. The van der Waals surface area contributed by atoms with Crippen LogP contribution in [0.4, 0.5) is 5.69 Å². The Morgan fingerprint density at radius 1 is 1.21 bits per heavy atom. The van der Waals surface area contributed by atoms with Crippen LogP contribution in [0, 0.1) is 5.92 Å². The van der Waals surface area contributed by atoms with Crippen LogP contribution in [0.15, 0.2) is 30.5 Å². The zero-order chi connectivity index (χ0) is 13.2. The van der Waals surface area contributed by atoms with E-state index in [4.69, 9.17) is 5.73 Å². The Kier molecular flexibility index (Phi) is 3.25. The molecule has 0 atom stereocenters. The number of carbonyl (C=O) groups excluding carboxylic acids is 1. The fraction of sp³-hybridized carbons (Fsp3) is 0.400. The number of anilines is 1.